The predicted molar refractivity (Wildman–Crippen MR) is 125 cm³/mol. The fourth-order valence-electron chi connectivity index (χ4n) is 4.20. The second-order valence-corrected chi connectivity index (χ2v) is 9.95. The molecule has 0 radical (unpaired) electrons. The predicted octanol–water partition coefficient (Wildman–Crippen LogP) is 4.13. The molecule has 2 aromatic heterocycles. The smallest absolute Gasteiger partial charge is 0.475 e. The number of carboxylic acids is 2. The van der Waals surface area contributed by atoms with Crippen LogP contribution >= 0.6 is 11.3 Å². The number of carbonyl (C=O) groups excluding carboxylic acids is 1. The highest BCUT2D eigenvalue weighted by Crippen LogP contribution is 2.41. The summed E-state index contributed by atoms with van der Waals surface area (Å²) in [6, 6.07) is 3.99. The summed E-state index contributed by atoms with van der Waals surface area (Å²) in [7, 11) is 0. The molecule has 4 heterocycles. The van der Waals surface area contributed by atoms with Crippen LogP contribution in [0.4, 0.5) is 26.3 Å². The molecule has 2 N–H and O–H groups in total. The Bertz CT molecular complexity index is 1100. The van der Waals surface area contributed by atoms with Crippen LogP contribution in [0.25, 0.3) is 0 Å². The maximum atomic E-state index is 13.2. The topological polar surface area (TPSA) is 124 Å². The first-order chi connectivity index (χ1) is 18.0. The lowest BCUT2D eigenvalue weighted by Gasteiger charge is -2.38. The van der Waals surface area contributed by atoms with Gasteiger partial charge in [0.1, 0.15) is 0 Å². The molecule has 2 saturated heterocycles. The summed E-state index contributed by atoms with van der Waals surface area (Å²) in [6.07, 6.45) is -3.49. The molecule has 0 aromatic carbocycles. The van der Waals surface area contributed by atoms with Crippen molar-refractivity contribution in [2.24, 2.45) is 5.41 Å². The molecule has 0 aliphatic carbocycles. The van der Waals surface area contributed by atoms with Gasteiger partial charge in [0.25, 0.3) is 0 Å². The van der Waals surface area contributed by atoms with E-state index < -0.39 is 24.3 Å². The van der Waals surface area contributed by atoms with Crippen molar-refractivity contribution in [1.29, 1.82) is 0 Å². The minimum Gasteiger partial charge on any atom is -0.475 e. The normalized spacial score (nSPS) is 19.7. The number of carbonyl (C=O) groups is 3. The molecule has 216 valence electrons. The van der Waals surface area contributed by atoms with Gasteiger partial charge in [0.05, 0.1) is 16.1 Å². The highest BCUT2D eigenvalue weighted by Gasteiger charge is 2.48. The van der Waals surface area contributed by atoms with Gasteiger partial charge < -0.3 is 15.1 Å². The SMILES string of the molecule is Cc1nc(CN2CCCC3(CCN(Cc4ccncc4)C3=O)C2)cs1.O=C(O)C(F)(F)F.O=C(O)C(F)(F)F. The molecule has 2 aliphatic rings. The highest BCUT2D eigenvalue weighted by atomic mass is 32.1. The first-order valence-corrected chi connectivity index (χ1v) is 12.3. The molecular formula is C23H26F6N4O5S. The van der Waals surface area contributed by atoms with Crippen LogP contribution in [0.5, 0.6) is 0 Å². The zero-order chi connectivity index (χ0) is 29.4. The molecule has 2 fully saturated rings. The molecule has 4 rings (SSSR count). The first-order valence-electron chi connectivity index (χ1n) is 11.5. The van der Waals surface area contributed by atoms with Crippen LogP contribution in [0, 0.1) is 12.3 Å². The number of piperidine rings is 1. The second-order valence-electron chi connectivity index (χ2n) is 8.89. The molecule has 0 bridgehead atoms. The molecule has 2 aliphatic heterocycles. The molecule has 1 spiro atoms. The number of hydrogen-bond donors (Lipinski definition) is 2. The maximum Gasteiger partial charge on any atom is 0.490 e. The number of aromatic nitrogens is 2. The minimum absolute atomic E-state index is 0.184. The van der Waals surface area contributed by atoms with E-state index in [4.69, 9.17) is 19.8 Å². The van der Waals surface area contributed by atoms with E-state index in [2.05, 4.69) is 20.2 Å². The van der Waals surface area contributed by atoms with Gasteiger partial charge >= 0.3 is 24.3 Å². The van der Waals surface area contributed by atoms with Crippen molar-refractivity contribution >= 4 is 29.2 Å². The van der Waals surface area contributed by atoms with Gasteiger partial charge in [0, 0.05) is 44.0 Å². The molecule has 39 heavy (non-hydrogen) atoms. The van der Waals surface area contributed by atoms with E-state index in [0.717, 1.165) is 61.7 Å². The summed E-state index contributed by atoms with van der Waals surface area (Å²) in [4.78, 5) is 44.1. The average Bonchev–Trinajstić information content (AvgIpc) is 3.37. The molecule has 1 amide bonds. The van der Waals surface area contributed by atoms with E-state index >= 15 is 0 Å². The van der Waals surface area contributed by atoms with Gasteiger partial charge in [0.15, 0.2) is 0 Å². The van der Waals surface area contributed by atoms with Gasteiger partial charge in [-0.15, -0.1) is 11.3 Å². The number of likely N-dealkylation sites (tertiary alicyclic amines) is 2. The van der Waals surface area contributed by atoms with Crippen molar-refractivity contribution in [2.75, 3.05) is 19.6 Å². The van der Waals surface area contributed by atoms with E-state index in [-0.39, 0.29) is 5.41 Å². The molecule has 1 unspecified atom stereocenters. The van der Waals surface area contributed by atoms with Gasteiger partial charge in [-0.1, -0.05) is 0 Å². The Kier molecular flexibility index (Phi) is 10.8. The standard InChI is InChI=1S/C19H24N4OS.2C2HF3O2/c1-15-21-17(13-25-15)12-22-9-2-5-19(14-22)6-10-23(18(19)24)11-16-3-7-20-8-4-16;2*3-2(4,5)1(6)7/h3-4,7-8,13H,2,5-6,9-12,14H2,1H3;2*(H,6,7). The van der Waals surface area contributed by atoms with Crippen molar-refractivity contribution in [2.45, 2.75) is 51.6 Å². The van der Waals surface area contributed by atoms with Crippen LogP contribution < -0.4 is 0 Å². The van der Waals surface area contributed by atoms with Gasteiger partial charge in [-0.25, -0.2) is 14.6 Å². The largest absolute Gasteiger partial charge is 0.490 e. The van der Waals surface area contributed by atoms with Gasteiger partial charge in [-0.05, 0) is 50.4 Å². The summed E-state index contributed by atoms with van der Waals surface area (Å²) in [5.74, 6) is -5.18. The summed E-state index contributed by atoms with van der Waals surface area (Å²) in [5.41, 5.74) is 2.11. The quantitative estimate of drug-likeness (QED) is 0.515. The van der Waals surface area contributed by atoms with Crippen molar-refractivity contribution in [3.63, 3.8) is 0 Å². The third-order valence-corrected chi connectivity index (χ3v) is 6.74. The Hall–Kier alpha value is -3.27. The zero-order valence-electron chi connectivity index (χ0n) is 20.6. The fraction of sp³-hybridized carbons (Fsp3) is 0.522. The van der Waals surface area contributed by atoms with E-state index in [1.807, 2.05) is 24.0 Å². The summed E-state index contributed by atoms with van der Waals surface area (Å²) in [5, 5.41) is 17.5. The third-order valence-electron chi connectivity index (χ3n) is 5.92. The number of halogens is 6. The van der Waals surface area contributed by atoms with Crippen LogP contribution in [-0.4, -0.2) is 79.8 Å². The number of thiazole rings is 1. The number of hydrogen-bond acceptors (Lipinski definition) is 7. The van der Waals surface area contributed by atoms with E-state index in [9.17, 15) is 31.1 Å². The number of pyridine rings is 1. The van der Waals surface area contributed by atoms with Gasteiger partial charge in [-0.2, -0.15) is 26.3 Å². The third kappa shape index (κ3) is 9.76. The molecule has 0 saturated carbocycles. The average molecular weight is 585 g/mol. The Morgan fingerprint density at radius 3 is 2.05 bits per heavy atom. The summed E-state index contributed by atoms with van der Waals surface area (Å²) in [6.45, 7) is 6.41. The van der Waals surface area contributed by atoms with Crippen LogP contribution in [0.2, 0.25) is 0 Å². The van der Waals surface area contributed by atoms with Crippen molar-refractivity contribution in [3.8, 4) is 0 Å². The van der Waals surface area contributed by atoms with Gasteiger partial charge in [-0.3, -0.25) is 14.7 Å². The Morgan fingerprint density at radius 1 is 1.00 bits per heavy atom. The number of nitrogens with zero attached hydrogens (tertiary/aromatic N) is 4. The maximum absolute atomic E-state index is 13.2. The molecule has 9 nitrogen and oxygen atoms in total. The highest BCUT2D eigenvalue weighted by molar-refractivity contribution is 7.09. The second kappa shape index (κ2) is 13.2. The molecular weight excluding hydrogens is 558 g/mol. The Morgan fingerprint density at radius 2 is 1.56 bits per heavy atom. The summed E-state index contributed by atoms with van der Waals surface area (Å²) < 4.78 is 63.5. The Labute approximate surface area is 223 Å². The number of aryl methyl sites for hydroxylation is 1. The van der Waals surface area contributed by atoms with E-state index in [1.54, 1.807) is 23.7 Å². The monoisotopic (exact) mass is 584 g/mol. The number of aliphatic carboxylic acids is 2. The lowest BCUT2D eigenvalue weighted by atomic mass is 9.78. The molecule has 16 heteroatoms. The Balaban J connectivity index is 0.000000317. The number of rotatable bonds is 4. The number of alkyl halides is 6. The zero-order valence-corrected chi connectivity index (χ0v) is 21.4. The lowest BCUT2D eigenvalue weighted by Crippen LogP contribution is -2.47. The molecule has 1 atom stereocenters. The first kappa shape index (κ1) is 31.9. The van der Waals surface area contributed by atoms with Gasteiger partial charge in [0.2, 0.25) is 5.91 Å². The van der Waals surface area contributed by atoms with Crippen LogP contribution in [0.1, 0.15) is 35.5 Å². The molecule has 2 aromatic rings. The van der Waals surface area contributed by atoms with Crippen molar-refractivity contribution in [1.82, 2.24) is 19.8 Å². The van der Waals surface area contributed by atoms with Crippen LogP contribution in [0.15, 0.2) is 29.9 Å². The van der Waals surface area contributed by atoms with Crippen molar-refractivity contribution in [3.05, 3.63) is 46.2 Å². The van der Waals surface area contributed by atoms with Crippen LogP contribution in [-0.2, 0) is 27.5 Å². The fourth-order valence-corrected chi connectivity index (χ4v) is 4.81. The number of carboxylic acid groups (broad SMARTS) is 2. The summed E-state index contributed by atoms with van der Waals surface area (Å²) >= 11 is 1.70. The van der Waals surface area contributed by atoms with E-state index in [1.165, 1.54) is 0 Å². The number of amides is 1. The lowest BCUT2D eigenvalue weighted by molar-refractivity contribution is -0.193. The van der Waals surface area contributed by atoms with E-state index in [0.29, 0.717) is 12.5 Å². The minimum atomic E-state index is -5.08. The van der Waals surface area contributed by atoms with Crippen LogP contribution in [0.3, 0.4) is 0 Å². The van der Waals surface area contributed by atoms with Crippen molar-refractivity contribution < 1.29 is 50.9 Å².